The third-order valence-corrected chi connectivity index (χ3v) is 9.65. The standard InChI is InChI=1S/C36H38B2O9/c1-33(2)34(3,4)45-37(44-33)24-14-12-23(13-15-24)30-31(42-26-17-9-22(10-18-26)11-20-29(39)40)27-19-16-25(21-28(27)43-32(30)41)38-46-35(5,6)36(7,8)47-38/h9-21H,1-8H3,(H,39,40)/b20-11+. The monoisotopic (exact) mass is 636 g/mol. The second-order valence-electron chi connectivity index (χ2n) is 14.0. The molecule has 0 amide bonds. The molecular weight excluding hydrogens is 598 g/mol. The normalized spacial score (nSPS) is 19.5. The Kier molecular flexibility index (Phi) is 8.04. The maximum atomic E-state index is 13.8. The van der Waals surface area contributed by atoms with Crippen LogP contribution in [0, 0.1) is 0 Å². The molecule has 11 heteroatoms. The van der Waals surface area contributed by atoms with Gasteiger partial charge < -0.3 is 32.9 Å². The Labute approximate surface area is 274 Å². The first-order valence-electron chi connectivity index (χ1n) is 15.6. The molecule has 47 heavy (non-hydrogen) atoms. The van der Waals surface area contributed by atoms with E-state index in [0.717, 1.165) is 11.5 Å². The first-order valence-corrected chi connectivity index (χ1v) is 15.6. The van der Waals surface area contributed by atoms with E-state index in [1.54, 1.807) is 30.3 Å². The van der Waals surface area contributed by atoms with Crippen molar-refractivity contribution < 1.29 is 37.7 Å². The number of hydrogen-bond donors (Lipinski definition) is 1. The van der Waals surface area contributed by atoms with Crippen molar-refractivity contribution >= 4 is 48.2 Å². The van der Waals surface area contributed by atoms with Gasteiger partial charge in [0.2, 0.25) is 0 Å². The lowest BCUT2D eigenvalue weighted by Gasteiger charge is -2.32. The molecule has 0 aliphatic carbocycles. The second-order valence-corrected chi connectivity index (χ2v) is 14.0. The quantitative estimate of drug-likeness (QED) is 0.149. The summed E-state index contributed by atoms with van der Waals surface area (Å²) in [5.41, 5.74) is 0.720. The van der Waals surface area contributed by atoms with Crippen LogP contribution >= 0.6 is 0 Å². The molecule has 242 valence electrons. The molecule has 0 unspecified atom stereocenters. The van der Waals surface area contributed by atoms with E-state index in [4.69, 9.17) is 32.9 Å². The smallest absolute Gasteiger partial charge is 0.478 e. The number of aliphatic carboxylic acids is 1. The molecule has 1 N–H and O–H groups in total. The lowest BCUT2D eigenvalue weighted by atomic mass is 9.78. The highest BCUT2D eigenvalue weighted by Gasteiger charge is 2.52. The van der Waals surface area contributed by atoms with Gasteiger partial charge in [0.25, 0.3) is 0 Å². The lowest BCUT2D eigenvalue weighted by Crippen LogP contribution is -2.41. The van der Waals surface area contributed by atoms with Crippen LogP contribution in [0.5, 0.6) is 11.5 Å². The summed E-state index contributed by atoms with van der Waals surface area (Å²) in [5.74, 6) is -0.273. The summed E-state index contributed by atoms with van der Waals surface area (Å²) in [5, 5.41) is 9.55. The largest absolute Gasteiger partial charge is 0.494 e. The predicted octanol–water partition coefficient (Wildman–Crippen LogP) is 5.95. The number of carboxylic acids is 1. The molecule has 9 nitrogen and oxygen atoms in total. The summed E-state index contributed by atoms with van der Waals surface area (Å²) in [6.45, 7) is 15.9. The molecule has 0 saturated carbocycles. The Morgan fingerprint density at radius 3 is 1.77 bits per heavy atom. The minimum Gasteiger partial charge on any atom is -0.478 e. The lowest BCUT2D eigenvalue weighted by molar-refractivity contribution is -0.131. The van der Waals surface area contributed by atoms with Gasteiger partial charge >= 0.3 is 25.8 Å². The number of benzene rings is 3. The fraction of sp³-hybridized carbons (Fsp3) is 0.333. The highest BCUT2D eigenvalue weighted by Crippen LogP contribution is 2.40. The molecule has 2 saturated heterocycles. The van der Waals surface area contributed by atoms with E-state index in [1.807, 2.05) is 91.8 Å². The minimum atomic E-state index is -1.04. The number of carboxylic acid groups (broad SMARTS) is 1. The van der Waals surface area contributed by atoms with Crippen molar-refractivity contribution in [3.8, 4) is 22.6 Å². The summed E-state index contributed by atoms with van der Waals surface area (Å²) in [6, 6.07) is 19.7. The molecule has 1 aromatic heterocycles. The van der Waals surface area contributed by atoms with Crippen LogP contribution in [0.25, 0.3) is 28.2 Å². The Morgan fingerprint density at radius 1 is 0.723 bits per heavy atom. The Bertz CT molecular complexity index is 1890. The first kappa shape index (κ1) is 32.8. The van der Waals surface area contributed by atoms with Crippen LogP contribution in [0.1, 0.15) is 61.0 Å². The van der Waals surface area contributed by atoms with Gasteiger partial charge in [-0.2, -0.15) is 0 Å². The van der Waals surface area contributed by atoms with E-state index in [0.29, 0.717) is 39.1 Å². The van der Waals surface area contributed by atoms with E-state index in [-0.39, 0.29) is 5.56 Å². The summed E-state index contributed by atoms with van der Waals surface area (Å²) in [6.07, 6.45) is 2.55. The van der Waals surface area contributed by atoms with E-state index < -0.39 is 48.2 Å². The van der Waals surface area contributed by atoms with Crippen molar-refractivity contribution in [3.63, 3.8) is 0 Å². The van der Waals surface area contributed by atoms with Crippen molar-refractivity contribution in [2.24, 2.45) is 0 Å². The summed E-state index contributed by atoms with van der Waals surface area (Å²) in [4.78, 5) is 24.7. The maximum Gasteiger partial charge on any atom is 0.494 e. The summed E-state index contributed by atoms with van der Waals surface area (Å²) >= 11 is 0. The molecular formula is C36H38B2O9. The number of rotatable bonds is 7. The molecule has 3 heterocycles. The predicted molar refractivity (Wildman–Crippen MR) is 183 cm³/mol. The first-order chi connectivity index (χ1) is 22.0. The van der Waals surface area contributed by atoms with Crippen LogP contribution in [0.3, 0.4) is 0 Å². The maximum absolute atomic E-state index is 13.8. The van der Waals surface area contributed by atoms with Gasteiger partial charge in [-0.05, 0) is 108 Å². The Hall–Kier alpha value is -4.15. The van der Waals surface area contributed by atoms with Crippen LogP contribution in [0.15, 0.2) is 82.0 Å². The average molecular weight is 636 g/mol. The molecule has 0 atom stereocenters. The fourth-order valence-electron chi connectivity index (χ4n) is 5.39. The van der Waals surface area contributed by atoms with Crippen LogP contribution in [-0.4, -0.2) is 47.7 Å². The van der Waals surface area contributed by atoms with Gasteiger partial charge in [0.1, 0.15) is 16.9 Å². The molecule has 2 aliphatic rings. The van der Waals surface area contributed by atoms with E-state index >= 15 is 0 Å². The third-order valence-electron chi connectivity index (χ3n) is 9.65. The van der Waals surface area contributed by atoms with Gasteiger partial charge in [-0.15, -0.1) is 0 Å². The summed E-state index contributed by atoms with van der Waals surface area (Å²) in [7, 11) is -1.20. The van der Waals surface area contributed by atoms with Crippen LogP contribution in [-0.2, 0) is 23.4 Å². The number of fused-ring (bicyclic) bond motifs is 1. The average Bonchev–Trinajstić information content (AvgIpc) is 3.36. The minimum absolute atomic E-state index is 0.246. The fourth-order valence-corrected chi connectivity index (χ4v) is 5.39. The van der Waals surface area contributed by atoms with Crippen LogP contribution in [0.4, 0.5) is 0 Å². The van der Waals surface area contributed by atoms with Crippen molar-refractivity contribution in [2.75, 3.05) is 0 Å². The zero-order valence-electron chi connectivity index (χ0n) is 27.9. The van der Waals surface area contributed by atoms with Crippen LogP contribution < -0.4 is 21.3 Å². The number of ether oxygens (including phenoxy) is 1. The zero-order valence-corrected chi connectivity index (χ0v) is 27.9. The number of carbonyl (C=O) groups is 1. The molecule has 3 aromatic carbocycles. The van der Waals surface area contributed by atoms with Crippen molar-refractivity contribution in [1.82, 2.24) is 0 Å². The van der Waals surface area contributed by atoms with Gasteiger partial charge in [-0.3, -0.25) is 0 Å². The highest BCUT2D eigenvalue weighted by atomic mass is 16.7. The van der Waals surface area contributed by atoms with E-state index in [2.05, 4.69) is 0 Å². The van der Waals surface area contributed by atoms with E-state index in [1.165, 1.54) is 6.08 Å². The highest BCUT2D eigenvalue weighted by molar-refractivity contribution is 6.62. The third kappa shape index (κ3) is 6.16. The zero-order chi connectivity index (χ0) is 33.9. The Morgan fingerprint density at radius 2 is 1.23 bits per heavy atom. The number of hydrogen-bond acceptors (Lipinski definition) is 8. The van der Waals surface area contributed by atoms with Crippen LogP contribution in [0.2, 0.25) is 0 Å². The van der Waals surface area contributed by atoms with Gasteiger partial charge in [-0.1, -0.05) is 42.5 Å². The molecule has 4 aromatic rings. The molecule has 0 spiro atoms. The van der Waals surface area contributed by atoms with Gasteiger partial charge in [0.15, 0.2) is 5.75 Å². The van der Waals surface area contributed by atoms with Gasteiger partial charge in [0.05, 0.1) is 27.8 Å². The van der Waals surface area contributed by atoms with Crippen molar-refractivity contribution in [1.29, 1.82) is 0 Å². The van der Waals surface area contributed by atoms with Crippen molar-refractivity contribution in [2.45, 2.75) is 77.8 Å². The second kappa shape index (κ2) is 11.5. The molecule has 6 rings (SSSR count). The Balaban J connectivity index is 1.41. The molecule has 2 aliphatic heterocycles. The van der Waals surface area contributed by atoms with E-state index in [9.17, 15) is 9.59 Å². The van der Waals surface area contributed by atoms with Gasteiger partial charge in [-0.25, -0.2) is 9.59 Å². The molecule has 0 radical (unpaired) electrons. The topological polar surface area (TPSA) is 114 Å². The SMILES string of the molecule is CC1(C)OB(c2ccc(-c3c(Oc4ccc(/C=C/C(=O)O)cc4)c4ccc(B5OC(C)(C)C(C)(C)O5)cc4oc3=O)cc2)OC1(C)C. The molecule has 0 bridgehead atoms. The van der Waals surface area contributed by atoms with Crippen molar-refractivity contribution in [3.05, 3.63) is 88.8 Å². The molecule has 2 fully saturated rings. The van der Waals surface area contributed by atoms with Gasteiger partial charge in [0, 0.05) is 6.08 Å². The summed E-state index contributed by atoms with van der Waals surface area (Å²) < 4.78 is 37.3.